The zero-order valence-electron chi connectivity index (χ0n) is 14.8. The van der Waals surface area contributed by atoms with Crippen LogP contribution in [0.4, 0.5) is 9.52 Å². The monoisotopic (exact) mass is 398 g/mol. The molecular weight excluding hydrogens is 375 g/mol. The van der Waals surface area contributed by atoms with E-state index in [1.807, 2.05) is 13.8 Å². The van der Waals surface area contributed by atoms with Crippen molar-refractivity contribution >= 4 is 34.1 Å². The normalized spacial score (nSPS) is 12.0. The molecule has 2 N–H and O–H groups in total. The lowest BCUT2D eigenvalue weighted by Crippen LogP contribution is -2.32. The number of benzene rings is 1. The lowest BCUT2D eigenvalue weighted by Gasteiger charge is -2.10. The maximum atomic E-state index is 12.9. The summed E-state index contributed by atoms with van der Waals surface area (Å²) in [5, 5.41) is 14.6. The summed E-state index contributed by atoms with van der Waals surface area (Å²) in [5.41, 5.74) is 0.954. The minimum absolute atomic E-state index is 0.0254. The van der Waals surface area contributed by atoms with Gasteiger partial charge in [0.15, 0.2) is 4.34 Å². The molecule has 0 aliphatic rings. The first-order valence-electron chi connectivity index (χ1n) is 8.42. The van der Waals surface area contributed by atoms with Crippen molar-refractivity contribution in [1.82, 2.24) is 15.5 Å². The molecule has 142 valence electrons. The zero-order valence-corrected chi connectivity index (χ0v) is 16.5. The van der Waals surface area contributed by atoms with Crippen LogP contribution in [0.15, 0.2) is 28.6 Å². The number of hydrogen-bond acceptors (Lipinski definition) is 7. The number of amides is 1. The summed E-state index contributed by atoms with van der Waals surface area (Å²) >= 11 is 2.77. The van der Waals surface area contributed by atoms with Crippen LogP contribution in [0.5, 0.6) is 0 Å². The average molecular weight is 399 g/mol. The second-order valence-corrected chi connectivity index (χ2v) is 8.02. The van der Waals surface area contributed by atoms with Gasteiger partial charge < -0.3 is 15.4 Å². The first-order valence-corrected chi connectivity index (χ1v) is 10.1. The first-order chi connectivity index (χ1) is 12.6. The Hall–Kier alpha value is -1.71. The van der Waals surface area contributed by atoms with Gasteiger partial charge in [-0.1, -0.05) is 35.2 Å². The van der Waals surface area contributed by atoms with Crippen LogP contribution < -0.4 is 10.6 Å². The fourth-order valence-corrected chi connectivity index (χ4v) is 3.90. The lowest BCUT2D eigenvalue weighted by atomic mass is 10.2. The van der Waals surface area contributed by atoms with Gasteiger partial charge in [-0.3, -0.25) is 4.79 Å². The predicted molar refractivity (Wildman–Crippen MR) is 103 cm³/mol. The van der Waals surface area contributed by atoms with Crippen molar-refractivity contribution in [1.29, 1.82) is 0 Å². The highest BCUT2D eigenvalue weighted by Gasteiger charge is 2.16. The van der Waals surface area contributed by atoms with Gasteiger partial charge in [-0.25, -0.2) is 4.39 Å². The molecule has 6 nitrogen and oxygen atoms in total. The number of ether oxygens (including phenoxy) is 1. The molecule has 26 heavy (non-hydrogen) atoms. The van der Waals surface area contributed by atoms with E-state index in [1.165, 1.54) is 35.2 Å². The number of nitrogens with zero attached hydrogens (tertiary/aromatic N) is 2. The molecule has 1 atom stereocenters. The van der Waals surface area contributed by atoms with Crippen LogP contribution in [-0.2, 0) is 16.1 Å². The molecule has 0 aliphatic carbocycles. The summed E-state index contributed by atoms with van der Waals surface area (Å²) in [5.74, 6) is -0.281. The van der Waals surface area contributed by atoms with Gasteiger partial charge in [0.1, 0.15) is 5.82 Å². The number of aromatic nitrogens is 2. The largest absolute Gasteiger partial charge is 0.382 e. The van der Waals surface area contributed by atoms with Crippen molar-refractivity contribution in [3.63, 3.8) is 0 Å². The van der Waals surface area contributed by atoms with Gasteiger partial charge in [0.25, 0.3) is 0 Å². The third kappa shape index (κ3) is 7.27. The number of thioether (sulfide) groups is 1. The van der Waals surface area contributed by atoms with Crippen LogP contribution in [0.25, 0.3) is 0 Å². The van der Waals surface area contributed by atoms with Crippen molar-refractivity contribution in [2.45, 2.75) is 36.4 Å². The quantitative estimate of drug-likeness (QED) is 0.447. The molecule has 2 aromatic rings. The molecule has 1 aromatic heterocycles. The van der Waals surface area contributed by atoms with Crippen molar-refractivity contribution in [3.8, 4) is 0 Å². The van der Waals surface area contributed by atoms with Crippen LogP contribution in [0.2, 0.25) is 0 Å². The van der Waals surface area contributed by atoms with Crippen LogP contribution in [0.3, 0.4) is 0 Å². The van der Waals surface area contributed by atoms with Gasteiger partial charge in [0.05, 0.1) is 5.25 Å². The van der Waals surface area contributed by atoms with E-state index in [2.05, 4.69) is 20.8 Å². The topological polar surface area (TPSA) is 76.1 Å². The maximum absolute atomic E-state index is 12.9. The van der Waals surface area contributed by atoms with Crippen LogP contribution in [0, 0.1) is 5.82 Å². The molecule has 1 aromatic carbocycles. The number of carbonyl (C=O) groups is 1. The summed E-state index contributed by atoms with van der Waals surface area (Å²) in [6, 6.07) is 6.29. The van der Waals surface area contributed by atoms with Gasteiger partial charge in [0, 0.05) is 26.3 Å². The molecule has 1 amide bonds. The smallest absolute Gasteiger partial charge is 0.233 e. The Bertz CT molecular complexity index is 682. The number of hydrogen-bond donors (Lipinski definition) is 2. The Labute approximate surface area is 160 Å². The lowest BCUT2D eigenvalue weighted by molar-refractivity contribution is -0.120. The van der Waals surface area contributed by atoms with Gasteiger partial charge in [-0.05, 0) is 38.0 Å². The highest BCUT2D eigenvalue weighted by atomic mass is 32.2. The van der Waals surface area contributed by atoms with Crippen LogP contribution >= 0.6 is 23.1 Å². The second-order valence-electron chi connectivity index (χ2n) is 5.45. The van der Waals surface area contributed by atoms with E-state index in [1.54, 1.807) is 12.1 Å². The number of nitrogens with one attached hydrogen (secondary N) is 2. The minimum Gasteiger partial charge on any atom is -0.382 e. The Morgan fingerprint density at radius 3 is 2.85 bits per heavy atom. The van der Waals surface area contributed by atoms with E-state index in [9.17, 15) is 9.18 Å². The molecule has 0 fully saturated rings. The molecular formula is C17H23FN4O2S2. The van der Waals surface area contributed by atoms with Crippen LogP contribution in [-0.4, -0.2) is 41.1 Å². The standard InChI is InChI=1S/C17H23FN4O2S2/c1-3-24-10-4-9-19-15(23)12(2)25-17-22-21-16(26-17)20-11-13-5-7-14(18)8-6-13/h5-8,12H,3-4,9-11H2,1-2H3,(H,19,23)(H,20,21). The Morgan fingerprint density at radius 2 is 2.12 bits per heavy atom. The van der Waals surface area contributed by atoms with Gasteiger partial charge in [0.2, 0.25) is 11.0 Å². The summed E-state index contributed by atoms with van der Waals surface area (Å²) in [4.78, 5) is 12.1. The summed E-state index contributed by atoms with van der Waals surface area (Å²) in [6.45, 7) is 6.27. The molecule has 0 aliphatic heterocycles. The molecule has 0 bridgehead atoms. The molecule has 0 saturated carbocycles. The van der Waals surface area contributed by atoms with Crippen molar-refractivity contribution in [2.75, 3.05) is 25.1 Å². The second kappa shape index (κ2) is 11.1. The highest BCUT2D eigenvalue weighted by Crippen LogP contribution is 2.29. The number of halogens is 1. The molecule has 1 heterocycles. The van der Waals surface area contributed by atoms with E-state index in [-0.39, 0.29) is 17.0 Å². The summed E-state index contributed by atoms with van der Waals surface area (Å²) in [6.07, 6.45) is 0.799. The molecule has 0 spiro atoms. The van der Waals surface area contributed by atoms with Gasteiger partial charge in [-0.15, -0.1) is 10.2 Å². The molecule has 1 unspecified atom stereocenters. The highest BCUT2D eigenvalue weighted by molar-refractivity contribution is 8.02. The molecule has 9 heteroatoms. The van der Waals surface area contributed by atoms with E-state index >= 15 is 0 Å². The zero-order chi connectivity index (χ0) is 18.8. The molecule has 0 saturated heterocycles. The Balaban J connectivity index is 1.72. The maximum Gasteiger partial charge on any atom is 0.233 e. The SMILES string of the molecule is CCOCCCNC(=O)C(C)Sc1nnc(NCc2ccc(F)cc2)s1. The van der Waals surface area contributed by atoms with Crippen molar-refractivity contribution in [3.05, 3.63) is 35.6 Å². The third-order valence-electron chi connectivity index (χ3n) is 3.38. The van der Waals surface area contributed by atoms with Crippen molar-refractivity contribution in [2.24, 2.45) is 0 Å². The fourth-order valence-electron chi connectivity index (χ4n) is 1.99. The third-order valence-corrected chi connectivity index (χ3v) is 5.44. The molecule has 0 radical (unpaired) electrons. The molecule has 2 rings (SSSR count). The Morgan fingerprint density at radius 1 is 1.35 bits per heavy atom. The van der Waals surface area contributed by atoms with E-state index in [0.29, 0.717) is 31.4 Å². The van der Waals surface area contributed by atoms with E-state index in [4.69, 9.17) is 4.74 Å². The number of anilines is 1. The number of rotatable bonds is 11. The van der Waals surface area contributed by atoms with E-state index < -0.39 is 0 Å². The predicted octanol–water partition coefficient (Wildman–Crippen LogP) is 3.31. The fraction of sp³-hybridized carbons (Fsp3) is 0.471. The number of carbonyl (C=O) groups excluding carboxylic acids is 1. The van der Waals surface area contributed by atoms with Crippen LogP contribution in [0.1, 0.15) is 25.8 Å². The minimum atomic E-state index is -0.256. The van der Waals surface area contributed by atoms with Crippen molar-refractivity contribution < 1.29 is 13.9 Å². The van der Waals surface area contributed by atoms with E-state index in [0.717, 1.165) is 16.3 Å². The Kier molecular flexibility index (Phi) is 8.79. The summed E-state index contributed by atoms with van der Waals surface area (Å²) < 4.78 is 18.9. The first kappa shape index (κ1) is 20.6. The van der Waals surface area contributed by atoms with Gasteiger partial charge >= 0.3 is 0 Å². The summed E-state index contributed by atoms with van der Waals surface area (Å²) in [7, 11) is 0. The van der Waals surface area contributed by atoms with Gasteiger partial charge in [-0.2, -0.15) is 0 Å². The average Bonchev–Trinajstić information content (AvgIpc) is 3.08.